The first-order valence-corrected chi connectivity index (χ1v) is 11.5. The van der Waals surface area contributed by atoms with Crippen molar-refractivity contribution in [3.05, 3.63) is 54.1 Å². The molecule has 0 radical (unpaired) electrons. The predicted octanol–water partition coefficient (Wildman–Crippen LogP) is 4.07. The maximum Gasteiger partial charge on any atom is 0.321 e. The monoisotopic (exact) mass is 435 g/mol. The summed E-state index contributed by atoms with van der Waals surface area (Å²) in [5.41, 5.74) is 1.90. The second-order valence-corrected chi connectivity index (χ2v) is 8.65. The molecule has 3 aliphatic rings. The molecule has 1 N–H and O–H groups in total. The van der Waals surface area contributed by atoms with Crippen LogP contribution in [0.1, 0.15) is 37.3 Å². The van der Waals surface area contributed by atoms with Crippen LogP contribution in [-0.4, -0.2) is 54.6 Å². The van der Waals surface area contributed by atoms with Crippen LogP contribution in [0, 0.1) is 5.92 Å². The molecule has 3 amide bonds. The van der Waals surface area contributed by atoms with Gasteiger partial charge in [-0.25, -0.2) is 4.79 Å². The van der Waals surface area contributed by atoms with E-state index in [0.29, 0.717) is 39.1 Å². The average molecular weight is 436 g/mol. The third-order valence-corrected chi connectivity index (χ3v) is 6.64. The average Bonchev–Trinajstić information content (AvgIpc) is 3.34. The maximum atomic E-state index is 13.4. The largest absolute Gasteiger partial charge is 0.486 e. The van der Waals surface area contributed by atoms with Gasteiger partial charge in [-0.05, 0) is 55.5 Å². The third-order valence-electron chi connectivity index (χ3n) is 6.64. The highest BCUT2D eigenvalue weighted by atomic mass is 16.6. The summed E-state index contributed by atoms with van der Waals surface area (Å²) in [7, 11) is 0. The van der Waals surface area contributed by atoms with Gasteiger partial charge in [-0.2, -0.15) is 0 Å². The van der Waals surface area contributed by atoms with E-state index in [-0.39, 0.29) is 23.9 Å². The Morgan fingerprint density at radius 2 is 1.62 bits per heavy atom. The van der Waals surface area contributed by atoms with Crippen molar-refractivity contribution in [3.8, 4) is 11.5 Å². The van der Waals surface area contributed by atoms with Crippen LogP contribution in [0.4, 0.5) is 10.5 Å². The van der Waals surface area contributed by atoms with Crippen molar-refractivity contribution < 1.29 is 19.1 Å². The standard InChI is InChI=1S/C25H29N3O4/c29-24(18-10-13-27(14-11-18)25(30)26-20-5-2-1-3-6-20)28-12-4-7-21(28)19-8-9-22-23(17-19)32-16-15-31-22/h1-3,5-6,8-9,17-18,21H,4,7,10-16H2,(H,26,30). The van der Waals surface area contributed by atoms with E-state index < -0.39 is 0 Å². The van der Waals surface area contributed by atoms with Crippen LogP contribution >= 0.6 is 0 Å². The molecule has 3 heterocycles. The Balaban J connectivity index is 1.20. The number of para-hydroxylation sites is 1. The number of carbonyl (C=O) groups excluding carboxylic acids is 2. The summed E-state index contributed by atoms with van der Waals surface area (Å²) in [4.78, 5) is 29.8. The van der Waals surface area contributed by atoms with Crippen molar-refractivity contribution in [2.24, 2.45) is 5.92 Å². The van der Waals surface area contributed by atoms with E-state index in [2.05, 4.69) is 11.4 Å². The molecule has 1 unspecified atom stereocenters. The topological polar surface area (TPSA) is 71.1 Å². The van der Waals surface area contributed by atoms with Gasteiger partial charge >= 0.3 is 6.03 Å². The lowest BCUT2D eigenvalue weighted by atomic mass is 9.94. The van der Waals surface area contributed by atoms with Gasteiger partial charge in [-0.1, -0.05) is 24.3 Å². The van der Waals surface area contributed by atoms with Crippen molar-refractivity contribution >= 4 is 17.6 Å². The molecule has 0 saturated carbocycles. The molecule has 32 heavy (non-hydrogen) atoms. The number of anilines is 1. The number of ether oxygens (including phenoxy) is 2. The molecule has 2 aromatic carbocycles. The quantitative estimate of drug-likeness (QED) is 0.789. The fourth-order valence-corrected chi connectivity index (χ4v) is 4.93. The fourth-order valence-electron chi connectivity index (χ4n) is 4.93. The molecule has 2 saturated heterocycles. The van der Waals surface area contributed by atoms with E-state index in [1.165, 1.54) is 0 Å². The van der Waals surface area contributed by atoms with Gasteiger partial charge in [-0.3, -0.25) is 4.79 Å². The molecule has 1 atom stereocenters. The molecular weight excluding hydrogens is 406 g/mol. The van der Waals surface area contributed by atoms with Gasteiger partial charge in [0.25, 0.3) is 0 Å². The number of nitrogens with zero attached hydrogens (tertiary/aromatic N) is 2. The highest BCUT2D eigenvalue weighted by Gasteiger charge is 2.36. The lowest BCUT2D eigenvalue weighted by Gasteiger charge is -2.35. The summed E-state index contributed by atoms with van der Waals surface area (Å²) < 4.78 is 11.4. The Labute approximate surface area is 188 Å². The number of benzene rings is 2. The molecule has 2 aromatic rings. The number of piperidine rings is 1. The summed E-state index contributed by atoms with van der Waals surface area (Å²) >= 11 is 0. The van der Waals surface area contributed by atoms with Gasteiger partial charge in [0.2, 0.25) is 5.91 Å². The van der Waals surface area contributed by atoms with Gasteiger partial charge in [0.05, 0.1) is 6.04 Å². The highest BCUT2D eigenvalue weighted by Crippen LogP contribution is 2.39. The molecular formula is C25H29N3O4. The molecule has 0 bridgehead atoms. The van der Waals surface area contributed by atoms with Gasteiger partial charge < -0.3 is 24.6 Å². The van der Waals surface area contributed by atoms with Crippen LogP contribution in [0.5, 0.6) is 11.5 Å². The molecule has 0 spiro atoms. The molecule has 0 aromatic heterocycles. The minimum atomic E-state index is -0.0996. The van der Waals surface area contributed by atoms with E-state index >= 15 is 0 Å². The van der Waals surface area contributed by atoms with Gasteiger partial charge in [0.15, 0.2) is 11.5 Å². The number of fused-ring (bicyclic) bond motifs is 1. The number of hydrogen-bond donors (Lipinski definition) is 1. The number of amides is 3. The van der Waals surface area contributed by atoms with Crippen molar-refractivity contribution in [3.63, 3.8) is 0 Å². The fraction of sp³-hybridized carbons (Fsp3) is 0.440. The Morgan fingerprint density at radius 1 is 0.875 bits per heavy atom. The Bertz CT molecular complexity index is 972. The smallest absolute Gasteiger partial charge is 0.321 e. The van der Waals surface area contributed by atoms with Crippen LogP contribution in [0.3, 0.4) is 0 Å². The van der Waals surface area contributed by atoms with Crippen molar-refractivity contribution in [2.45, 2.75) is 31.7 Å². The maximum absolute atomic E-state index is 13.4. The molecule has 0 aliphatic carbocycles. The zero-order chi connectivity index (χ0) is 21.9. The number of urea groups is 1. The Kier molecular flexibility index (Phi) is 5.88. The summed E-state index contributed by atoms with van der Waals surface area (Å²) in [5.74, 6) is 1.72. The molecule has 168 valence electrons. The van der Waals surface area contributed by atoms with E-state index in [0.717, 1.165) is 42.1 Å². The van der Waals surface area contributed by atoms with E-state index in [4.69, 9.17) is 9.47 Å². The SMILES string of the molecule is O=C(Nc1ccccc1)N1CCC(C(=O)N2CCCC2c2ccc3c(c2)OCCO3)CC1. The van der Waals surface area contributed by atoms with Crippen LogP contribution in [0.25, 0.3) is 0 Å². The summed E-state index contributed by atoms with van der Waals surface area (Å²) in [6.45, 7) is 3.10. The Morgan fingerprint density at radius 3 is 2.41 bits per heavy atom. The van der Waals surface area contributed by atoms with Crippen molar-refractivity contribution in [1.29, 1.82) is 0 Å². The first kappa shape index (κ1) is 20.7. The Hall–Kier alpha value is -3.22. The van der Waals surface area contributed by atoms with E-state index in [1.807, 2.05) is 47.4 Å². The van der Waals surface area contributed by atoms with Crippen LogP contribution < -0.4 is 14.8 Å². The lowest BCUT2D eigenvalue weighted by molar-refractivity contribution is -0.137. The number of likely N-dealkylation sites (tertiary alicyclic amines) is 2. The number of hydrogen-bond acceptors (Lipinski definition) is 4. The number of nitrogens with one attached hydrogen (secondary N) is 1. The van der Waals surface area contributed by atoms with Crippen LogP contribution in [0.15, 0.2) is 48.5 Å². The van der Waals surface area contributed by atoms with Gasteiger partial charge in [-0.15, -0.1) is 0 Å². The third kappa shape index (κ3) is 4.24. The zero-order valence-electron chi connectivity index (χ0n) is 18.2. The van der Waals surface area contributed by atoms with Gasteiger partial charge in [0, 0.05) is 31.2 Å². The van der Waals surface area contributed by atoms with E-state index in [9.17, 15) is 9.59 Å². The first-order valence-electron chi connectivity index (χ1n) is 11.5. The molecule has 7 nitrogen and oxygen atoms in total. The summed E-state index contributed by atoms with van der Waals surface area (Å²) in [6, 6.07) is 15.5. The number of rotatable bonds is 3. The van der Waals surface area contributed by atoms with E-state index in [1.54, 1.807) is 4.90 Å². The zero-order valence-corrected chi connectivity index (χ0v) is 18.2. The second-order valence-electron chi connectivity index (χ2n) is 8.65. The molecule has 7 heteroatoms. The summed E-state index contributed by atoms with van der Waals surface area (Å²) in [6.07, 6.45) is 3.36. The van der Waals surface area contributed by atoms with Gasteiger partial charge in [0.1, 0.15) is 13.2 Å². The van der Waals surface area contributed by atoms with Crippen molar-refractivity contribution in [1.82, 2.24) is 9.80 Å². The minimum absolute atomic E-state index is 0.0337. The highest BCUT2D eigenvalue weighted by molar-refractivity contribution is 5.89. The first-order chi connectivity index (χ1) is 15.7. The van der Waals surface area contributed by atoms with Crippen LogP contribution in [0.2, 0.25) is 0 Å². The lowest BCUT2D eigenvalue weighted by Crippen LogP contribution is -2.45. The van der Waals surface area contributed by atoms with Crippen LogP contribution in [-0.2, 0) is 4.79 Å². The predicted molar refractivity (Wildman–Crippen MR) is 121 cm³/mol. The molecule has 2 fully saturated rings. The number of carbonyl (C=O) groups is 2. The molecule has 3 aliphatic heterocycles. The minimum Gasteiger partial charge on any atom is -0.486 e. The van der Waals surface area contributed by atoms with Crippen molar-refractivity contribution in [2.75, 3.05) is 38.2 Å². The normalized spacial score (nSPS) is 20.8. The molecule has 5 rings (SSSR count). The second kappa shape index (κ2) is 9.10. The summed E-state index contributed by atoms with van der Waals surface area (Å²) in [5, 5.41) is 2.93.